The third kappa shape index (κ3) is 8.24. The van der Waals surface area contributed by atoms with Crippen molar-refractivity contribution in [2.45, 2.75) is 52.4 Å². The maximum absolute atomic E-state index is 2.29. The van der Waals surface area contributed by atoms with E-state index in [9.17, 15) is 0 Å². The van der Waals surface area contributed by atoms with Crippen LogP contribution in [0, 0.1) is 0 Å². The summed E-state index contributed by atoms with van der Waals surface area (Å²) in [6, 6.07) is 16.8. The molecule has 0 unspecified atom stereocenters. The quantitative estimate of drug-likeness (QED) is 0.487. The van der Waals surface area contributed by atoms with Crippen LogP contribution in [-0.2, 0) is 34.6 Å². The Kier molecular flexibility index (Phi) is 12.1. The molecule has 0 aliphatic rings. The summed E-state index contributed by atoms with van der Waals surface area (Å²) in [5.74, 6) is 0. The van der Waals surface area contributed by atoms with Gasteiger partial charge in [0.1, 0.15) is 0 Å². The molecular formula is C18H26Ti-6. The number of rotatable bonds is 6. The van der Waals surface area contributed by atoms with Crippen LogP contribution in [0.1, 0.15) is 50.7 Å². The topological polar surface area (TPSA) is 0 Å². The Labute approximate surface area is 133 Å². The summed E-state index contributed by atoms with van der Waals surface area (Å²) in [6.45, 7) is 4.52. The number of unbranched alkanes of at least 4 members (excludes halogenated alkanes) is 2. The van der Waals surface area contributed by atoms with E-state index < -0.39 is 0 Å². The van der Waals surface area contributed by atoms with Gasteiger partial charge in [0.2, 0.25) is 0 Å². The van der Waals surface area contributed by atoms with E-state index in [0.29, 0.717) is 0 Å². The molecule has 2 aromatic rings. The first kappa shape index (κ1) is 18.4. The summed E-state index contributed by atoms with van der Waals surface area (Å²) in [5, 5.41) is 0. The van der Waals surface area contributed by atoms with Crippen molar-refractivity contribution in [3.63, 3.8) is 0 Å². The number of aryl methyl sites for hydroxylation is 2. The van der Waals surface area contributed by atoms with Crippen LogP contribution >= 0.6 is 0 Å². The molecule has 0 aliphatic heterocycles. The largest absolute Gasteiger partial charge is 0.748 e. The predicted molar refractivity (Wildman–Crippen MR) is 81.3 cm³/mol. The van der Waals surface area contributed by atoms with Gasteiger partial charge in [0.25, 0.3) is 0 Å². The van der Waals surface area contributed by atoms with Gasteiger partial charge in [-0.15, -0.1) is 0 Å². The van der Waals surface area contributed by atoms with Gasteiger partial charge in [-0.2, -0.15) is 17.2 Å². The van der Waals surface area contributed by atoms with Gasteiger partial charge in [-0.1, -0.05) is 52.4 Å². The maximum Gasteiger partial charge on any atom is 0 e. The number of hydrogen-bond donors (Lipinski definition) is 0. The zero-order valence-electron chi connectivity index (χ0n) is 12.4. The minimum atomic E-state index is 0. The Bertz CT molecular complexity index is 330. The van der Waals surface area contributed by atoms with Gasteiger partial charge in [-0.05, 0) is 0 Å². The van der Waals surface area contributed by atoms with E-state index in [1.165, 1.54) is 38.5 Å². The molecule has 0 saturated carbocycles. The van der Waals surface area contributed by atoms with Gasteiger partial charge in [0.15, 0.2) is 0 Å². The maximum atomic E-state index is 2.29. The standard InChI is InChI=1S/C13H21.C5H5.Ti/c1-3-5-8-12-10-7-11-13(12)9-6-4-2;1-2-4-5-3-1;/h7,10-11H,3-6,8-9H2,1-2H3;1-5H;/q-1;-5;. The zero-order valence-corrected chi connectivity index (χ0v) is 13.9. The van der Waals surface area contributed by atoms with Gasteiger partial charge >= 0.3 is 0 Å². The van der Waals surface area contributed by atoms with Crippen molar-refractivity contribution in [1.82, 2.24) is 0 Å². The van der Waals surface area contributed by atoms with Crippen LogP contribution < -0.4 is 0 Å². The molecule has 0 saturated heterocycles. The molecule has 0 fully saturated rings. The number of hydrogen-bond acceptors (Lipinski definition) is 0. The molecule has 0 aliphatic carbocycles. The average Bonchev–Trinajstić information content (AvgIpc) is 3.07. The van der Waals surface area contributed by atoms with Gasteiger partial charge in [0.05, 0.1) is 0 Å². The second-order valence-electron chi connectivity index (χ2n) is 4.75. The summed E-state index contributed by atoms with van der Waals surface area (Å²) >= 11 is 0. The molecule has 108 valence electrons. The molecule has 2 aromatic carbocycles. The third-order valence-corrected chi connectivity index (χ3v) is 3.16. The van der Waals surface area contributed by atoms with E-state index in [1.807, 2.05) is 30.3 Å². The summed E-state index contributed by atoms with van der Waals surface area (Å²) in [4.78, 5) is 0. The van der Waals surface area contributed by atoms with E-state index in [0.717, 1.165) is 0 Å². The van der Waals surface area contributed by atoms with Crippen LogP contribution in [0.3, 0.4) is 0 Å². The molecule has 2 rings (SSSR count). The fraction of sp³-hybridized carbons (Fsp3) is 0.444. The monoisotopic (exact) mass is 290 g/mol. The molecule has 0 N–H and O–H groups in total. The van der Waals surface area contributed by atoms with Crippen LogP contribution in [0.2, 0.25) is 0 Å². The van der Waals surface area contributed by atoms with Gasteiger partial charge in [-0.25, -0.2) is 12.1 Å². The van der Waals surface area contributed by atoms with E-state index >= 15 is 0 Å². The Morgan fingerprint density at radius 3 is 2.05 bits per heavy atom. The first-order valence-corrected chi connectivity index (χ1v) is 7.28. The molecule has 0 atom stereocenters. The molecule has 0 bridgehead atoms. The molecule has 0 amide bonds. The van der Waals surface area contributed by atoms with E-state index in [-0.39, 0.29) is 21.7 Å². The van der Waals surface area contributed by atoms with E-state index in [4.69, 9.17) is 0 Å². The Morgan fingerprint density at radius 1 is 0.947 bits per heavy atom. The van der Waals surface area contributed by atoms with E-state index in [1.54, 1.807) is 11.1 Å². The minimum Gasteiger partial charge on any atom is -0.748 e. The summed E-state index contributed by atoms with van der Waals surface area (Å²) < 4.78 is 0. The van der Waals surface area contributed by atoms with Crippen molar-refractivity contribution in [2.24, 2.45) is 0 Å². The van der Waals surface area contributed by atoms with Crippen molar-refractivity contribution in [2.75, 3.05) is 0 Å². The molecule has 0 aromatic heterocycles. The minimum absolute atomic E-state index is 0. The molecule has 0 heterocycles. The summed E-state index contributed by atoms with van der Waals surface area (Å²) in [5.41, 5.74) is 3.19. The van der Waals surface area contributed by atoms with Crippen LogP contribution in [0.25, 0.3) is 0 Å². The molecule has 19 heavy (non-hydrogen) atoms. The third-order valence-electron chi connectivity index (χ3n) is 3.16. The van der Waals surface area contributed by atoms with E-state index in [2.05, 4.69) is 32.0 Å². The van der Waals surface area contributed by atoms with Crippen LogP contribution in [0.5, 0.6) is 0 Å². The normalized spacial score (nSPS) is 9.37. The Morgan fingerprint density at radius 2 is 1.53 bits per heavy atom. The molecule has 0 nitrogen and oxygen atoms in total. The predicted octanol–water partition coefficient (Wildman–Crippen LogP) is 5.49. The fourth-order valence-electron chi connectivity index (χ4n) is 2.04. The molecular weight excluding hydrogens is 264 g/mol. The van der Waals surface area contributed by atoms with Crippen LogP contribution in [0.15, 0.2) is 48.5 Å². The zero-order chi connectivity index (χ0) is 13.1. The van der Waals surface area contributed by atoms with Crippen molar-refractivity contribution in [3.05, 3.63) is 59.7 Å². The molecule has 1 heteroatoms. The Hall–Kier alpha value is -0.586. The van der Waals surface area contributed by atoms with Crippen LogP contribution in [-0.4, -0.2) is 0 Å². The summed E-state index contributed by atoms with van der Waals surface area (Å²) in [7, 11) is 0. The molecule has 0 radical (unpaired) electrons. The Balaban J connectivity index is 0.000000454. The molecule has 0 spiro atoms. The second-order valence-corrected chi connectivity index (χ2v) is 4.75. The van der Waals surface area contributed by atoms with Crippen molar-refractivity contribution < 1.29 is 21.7 Å². The fourth-order valence-corrected chi connectivity index (χ4v) is 2.04. The van der Waals surface area contributed by atoms with Gasteiger partial charge in [0, 0.05) is 21.7 Å². The average molecular weight is 290 g/mol. The van der Waals surface area contributed by atoms with Crippen molar-refractivity contribution in [1.29, 1.82) is 0 Å². The SMILES string of the molecule is CCCCc1ccc[c-]1CCCC.[Ti].[cH-]1[cH-][cH-][cH-][cH-]1. The first-order valence-electron chi connectivity index (χ1n) is 7.28. The van der Waals surface area contributed by atoms with Gasteiger partial charge < -0.3 is 30.3 Å². The smallest absolute Gasteiger partial charge is 0 e. The van der Waals surface area contributed by atoms with Crippen molar-refractivity contribution >= 4 is 0 Å². The summed E-state index contributed by atoms with van der Waals surface area (Å²) in [6.07, 6.45) is 7.84. The van der Waals surface area contributed by atoms with Crippen molar-refractivity contribution in [3.8, 4) is 0 Å². The first-order chi connectivity index (χ1) is 8.88. The van der Waals surface area contributed by atoms with Crippen LogP contribution in [0.4, 0.5) is 0 Å². The second kappa shape index (κ2) is 12.4. The van der Waals surface area contributed by atoms with Gasteiger partial charge in [-0.3, -0.25) is 0 Å².